The van der Waals surface area contributed by atoms with Gasteiger partial charge in [-0.05, 0) is 12.1 Å². The van der Waals surface area contributed by atoms with E-state index in [1.807, 2.05) is 0 Å². The Morgan fingerprint density at radius 3 is 2.52 bits per heavy atom. The van der Waals surface area contributed by atoms with Gasteiger partial charge in [-0.25, -0.2) is 4.39 Å². The molecule has 2 rings (SSSR count). The number of halogens is 4. The number of carbonyl (C=O) groups excluding carboxylic acids is 1. The first-order valence-corrected chi connectivity index (χ1v) is 7.42. The van der Waals surface area contributed by atoms with E-state index in [0.717, 1.165) is 4.90 Å². The molecule has 3 N–H and O–H groups in total. The fraction of sp³-hybridized carbons (Fsp3) is 0.375. The first kappa shape index (κ1) is 18.9. The third kappa shape index (κ3) is 5.02. The molecule has 0 saturated carbocycles. The number of allylic oxidation sites excluding steroid dienone is 1. The summed E-state index contributed by atoms with van der Waals surface area (Å²) in [6, 6.07) is 5.76. The van der Waals surface area contributed by atoms with E-state index in [1.165, 1.54) is 18.2 Å². The van der Waals surface area contributed by atoms with Crippen LogP contribution in [0.4, 0.5) is 17.6 Å². The fourth-order valence-electron chi connectivity index (χ4n) is 2.22. The molecule has 1 saturated heterocycles. The quantitative estimate of drug-likeness (QED) is 0.604. The largest absolute Gasteiger partial charge is 0.430 e. The predicted molar refractivity (Wildman–Crippen MR) is 82.2 cm³/mol. The number of nitrogens with zero attached hydrogens (tertiary/aromatic N) is 1. The number of nitrogens with two attached hydrogens (primary N) is 1. The molecule has 1 fully saturated rings. The Hall–Kier alpha value is -2.42. The molecule has 136 valence electrons. The predicted octanol–water partition coefficient (Wildman–Crippen LogP) is 2.23. The lowest BCUT2D eigenvalue weighted by Crippen LogP contribution is -2.44. The second-order valence-electron chi connectivity index (χ2n) is 5.69. The van der Waals surface area contributed by atoms with Crippen LogP contribution in [0.5, 0.6) is 0 Å². The van der Waals surface area contributed by atoms with Crippen LogP contribution in [0, 0.1) is 17.1 Å². The number of alkyl halides is 3. The summed E-state index contributed by atoms with van der Waals surface area (Å²) in [5.74, 6) is -1.50. The number of benzene rings is 1. The van der Waals surface area contributed by atoms with Crippen molar-refractivity contribution < 1.29 is 27.1 Å². The van der Waals surface area contributed by atoms with Gasteiger partial charge < -0.3 is 15.4 Å². The van der Waals surface area contributed by atoms with Crippen molar-refractivity contribution in [1.29, 1.82) is 5.41 Å². The molecular weight excluding hydrogens is 342 g/mol. The Labute approximate surface area is 141 Å². The fourth-order valence-corrected chi connectivity index (χ4v) is 2.22. The average Bonchev–Trinajstić information content (AvgIpc) is 2.49. The van der Waals surface area contributed by atoms with Crippen molar-refractivity contribution in [2.24, 2.45) is 11.7 Å². The highest BCUT2D eigenvalue weighted by Gasteiger charge is 2.33. The molecule has 0 radical (unpaired) electrons. The van der Waals surface area contributed by atoms with E-state index in [9.17, 15) is 22.4 Å². The SMILES string of the molecule is N=C(C=C(N)C(F)(F)F)C(=O)N(Cc1ccccc1F)CC1COC1. The highest BCUT2D eigenvalue weighted by atomic mass is 19.4. The Morgan fingerprint density at radius 2 is 2.00 bits per heavy atom. The summed E-state index contributed by atoms with van der Waals surface area (Å²) in [6.07, 6.45) is -4.56. The van der Waals surface area contributed by atoms with Gasteiger partial charge in [0.25, 0.3) is 5.91 Å². The molecule has 1 heterocycles. The third-order valence-corrected chi connectivity index (χ3v) is 3.65. The highest BCUT2D eigenvalue weighted by molar-refractivity contribution is 6.42. The van der Waals surface area contributed by atoms with Crippen molar-refractivity contribution in [3.05, 3.63) is 47.4 Å². The van der Waals surface area contributed by atoms with Gasteiger partial charge in [0.2, 0.25) is 0 Å². The van der Waals surface area contributed by atoms with E-state index in [4.69, 9.17) is 15.9 Å². The van der Waals surface area contributed by atoms with Gasteiger partial charge in [0, 0.05) is 24.6 Å². The summed E-state index contributed by atoms with van der Waals surface area (Å²) in [4.78, 5) is 13.5. The first-order valence-electron chi connectivity index (χ1n) is 7.42. The molecule has 1 aromatic rings. The highest BCUT2D eigenvalue weighted by Crippen LogP contribution is 2.22. The number of carbonyl (C=O) groups is 1. The Bertz CT molecular complexity index is 684. The number of amides is 1. The molecule has 1 aliphatic rings. The topological polar surface area (TPSA) is 79.4 Å². The molecule has 1 amide bonds. The standard InChI is InChI=1S/C16H17F4N3O2/c17-12-4-2-1-3-11(12)7-23(6-10-8-25-9-10)15(24)13(21)5-14(22)16(18,19)20/h1-5,10,21H,6-9,22H2. The molecule has 9 heteroatoms. The van der Waals surface area contributed by atoms with Crippen molar-refractivity contribution in [2.45, 2.75) is 12.7 Å². The van der Waals surface area contributed by atoms with E-state index < -0.39 is 29.3 Å². The second-order valence-corrected chi connectivity index (χ2v) is 5.69. The van der Waals surface area contributed by atoms with Gasteiger partial charge in [0.1, 0.15) is 17.2 Å². The van der Waals surface area contributed by atoms with Gasteiger partial charge in [-0.3, -0.25) is 10.2 Å². The summed E-state index contributed by atoms with van der Waals surface area (Å²) in [6.45, 7) is 0.781. The zero-order valence-electron chi connectivity index (χ0n) is 13.1. The number of nitrogens with one attached hydrogen (secondary N) is 1. The van der Waals surface area contributed by atoms with Crippen LogP contribution in [0.15, 0.2) is 36.0 Å². The van der Waals surface area contributed by atoms with E-state index in [-0.39, 0.29) is 30.6 Å². The zero-order valence-corrected chi connectivity index (χ0v) is 13.1. The van der Waals surface area contributed by atoms with Crippen molar-refractivity contribution in [3.8, 4) is 0 Å². The van der Waals surface area contributed by atoms with Crippen LogP contribution in [0.3, 0.4) is 0 Å². The maximum Gasteiger partial charge on any atom is 0.430 e. The minimum atomic E-state index is -4.83. The van der Waals surface area contributed by atoms with E-state index in [1.54, 1.807) is 6.07 Å². The summed E-state index contributed by atoms with van der Waals surface area (Å²) < 4.78 is 56.2. The maximum atomic E-state index is 13.8. The minimum Gasteiger partial charge on any atom is -0.395 e. The molecule has 0 unspecified atom stereocenters. The third-order valence-electron chi connectivity index (χ3n) is 3.65. The number of ether oxygens (including phenoxy) is 1. The molecule has 0 spiro atoms. The van der Waals surface area contributed by atoms with Crippen molar-refractivity contribution in [3.63, 3.8) is 0 Å². The molecule has 1 aliphatic heterocycles. The molecule has 0 aliphatic carbocycles. The lowest BCUT2D eigenvalue weighted by atomic mass is 10.1. The number of hydrogen-bond acceptors (Lipinski definition) is 4. The molecule has 5 nitrogen and oxygen atoms in total. The van der Waals surface area contributed by atoms with Crippen LogP contribution >= 0.6 is 0 Å². The molecule has 1 aromatic carbocycles. The molecule has 0 bridgehead atoms. The van der Waals surface area contributed by atoms with Gasteiger partial charge in [-0.15, -0.1) is 0 Å². The zero-order chi connectivity index (χ0) is 18.6. The van der Waals surface area contributed by atoms with Crippen LogP contribution in [-0.2, 0) is 16.1 Å². The van der Waals surface area contributed by atoms with E-state index in [2.05, 4.69) is 0 Å². The van der Waals surface area contributed by atoms with Crippen LogP contribution in [0.25, 0.3) is 0 Å². The normalized spacial score (nSPS) is 15.6. The Balaban J connectivity index is 2.17. The summed E-state index contributed by atoms with van der Waals surface area (Å²) in [7, 11) is 0. The van der Waals surface area contributed by atoms with E-state index in [0.29, 0.717) is 13.2 Å². The minimum absolute atomic E-state index is 0.00698. The second kappa shape index (κ2) is 7.64. The van der Waals surface area contributed by atoms with Crippen molar-refractivity contribution >= 4 is 11.6 Å². The molecule has 0 aromatic heterocycles. The van der Waals surface area contributed by atoms with Gasteiger partial charge in [0.15, 0.2) is 0 Å². The molecular formula is C16H17F4N3O2. The van der Waals surface area contributed by atoms with Crippen LogP contribution in [-0.4, -0.2) is 42.5 Å². The summed E-state index contributed by atoms with van der Waals surface area (Å²) >= 11 is 0. The maximum absolute atomic E-state index is 13.8. The smallest absolute Gasteiger partial charge is 0.395 e. The van der Waals surface area contributed by atoms with Gasteiger partial charge >= 0.3 is 6.18 Å². The van der Waals surface area contributed by atoms with Crippen LogP contribution in [0.2, 0.25) is 0 Å². The summed E-state index contributed by atoms with van der Waals surface area (Å²) in [5, 5.41) is 7.60. The van der Waals surface area contributed by atoms with Crippen molar-refractivity contribution in [2.75, 3.05) is 19.8 Å². The monoisotopic (exact) mass is 359 g/mol. The van der Waals surface area contributed by atoms with Crippen molar-refractivity contribution in [1.82, 2.24) is 4.90 Å². The Morgan fingerprint density at radius 1 is 1.36 bits per heavy atom. The Kier molecular flexibility index (Phi) is 5.78. The van der Waals surface area contributed by atoms with Gasteiger partial charge in [-0.2, -0.15) is 13.2 Å². The van der Waals surface area contributed by atoms with Crippen LogP contribution < -0.4 is 5.73 Å². The average molecular weight is 359 g/mol. The molecule has 25 heavy (non-hydrogen) atoms. The van der Waals surface area contributed by atoms with Crippen LogP contribution in [0.1, 0.15) is 5.56 Å². The van der Waals surface area contributed by atoms with E-state index >= 15 is 0 Å². The number of hydrogen-bond donors (Lipinski definition) is 2. The molecule has 0 atom stereocenters. The van der Waals surface area contributed by atoms with Gasteiger partial charge in [0.05, 0.1) is 13.2 Å². The lowest BCUT2D eigenvalue weighted by Gasteiger charge is -2.32. The van der Waals surface area contributed by atoms with Gasteiger partial charge in [-0.1, -0.05) is 18.2 Å². The number of rotatable bonds is 6. The summed E-state index contributed by atoms with van der Waals surface area (Å²) in [5.41, 5.74) is 2.61. The lowest BCUT2D eigenvalue weighted by molar-refractivity contribution is -0.128. The first-order chi connectivity index (χ1) is 11.7.